The molecule has 0 fully saturated rings. The Balaban J connectivity index is 2.35. The molecule has 0 amide bonds. The molecule has 14 heavy (non-hydrogen) atoms. The molecule has 0 bridgehead atoms. The van der Waals surface area contributed by atoms with E-state index < -0.39 is 0 Å². The maximum Gasteiger partial charge on any atom is 0.137 e. The highest BCUT2D eigenvalue weighted by Crippen LogP contribution is 2.36. The van der Waals surface area contributed by atoms with Gasteiger partial charge in [-0.2, -0.15) is 0 Å². The highest BCUT2D eigenvalue weighted by atomic mass is 35.5. The summed E-state index contributed by atoms with van der Waals surface area (Å²) in [5.74, 6) is 0.577. The van der Waals surface area contributed by atoms with Crippen LogP contribution in [-0.4, -0.2) is 5.11 Å². The number of para-hydroxylation sites is 1. The molecule has 1 aliphatic rings. The van der Waals surface area contributed by atoms with Crippen molar-refractivity contribution in [3.05, 3.63) is 40.9 Å². The summed E-state index contributed by atoms with van der Waals surface area (Å²) >= 11 is 5.86. The van der Waals surface area contributed by atoms with Gasteiger partial charge in [-0.25, -0.2) is 0 Å². The average Bonchev–Trinajstić information content (AvgIpc) is 2.23. The predicted molar refractivity (Wildman–Crippen MR) is 58.8 cm³/mol. The number of rotatable bonds is 1. The number of phenols is 1. The van der Waals surface area contributed by atoms with Crippen LogP contribution in [0.25, 0.3) is 0 Å². The fraction of sp³-hybridized carbons (Fsp3) is 0.333. The third kappa shape index (κ3) is 1.78. The highest BCUT2D eigenvalue weighted by molar-refractivity contribution is 6.32. The molecule has 1 N–H and O–H groups in total. The van der Waals surface area contributed by atoms with Gasteiger partial charge < -0.3 is 5.11 Å². The van der Waals surface area contributed by atoms with Crippen LogP contribution in [0.2, 0.25) is 5.02 Å². The van der Waals surface area contributed by atoms with Gasteiger partial charge >= 0.3 is 0 Å². The minimum Gasteiger partial charge on any atom is -0.506 e. The molecule has 1 aromatic rings. The van der Waals surface area contributed by atoms with E-state index in [0.29, 0.717) is 10.9 Å². The predicted octanol–water partition coefficient (Wildman–Crippen LogP) is 3.87. The molecule has 0 radical (unpaired) electrons. The van der Waals surface area contributed by atoms with Crippen molar-refractivity contribution in [2.75, 3.05) is 0 Å². The molecular formula is C12H13ClO. The number of allylic oxidation sites excluding steroid dienone is 2. The van der Waals surface area contributed by atoms with Crippen molar-refractivity contribution in [1.82, 2.24) is 0 Å². The lowest BCUT2D eigenvalue weighted by atomic mass is 9.89. The van der Waals surface area contributed by atoms with Crippen LogP contribution in [0.1, 0.15) is 30.7 Å². The zero-order chi connectivity index (χ0) is 9.97. The van der Waals surface area contributed by atoms with Gasteiger partial charge in [-0.05, 0) is 25.3 Å². The third-order valence-corrected chi connectivity index (χ3v) is 2.98. The summed E-state index contributed by atoms with van der Waals surface area (Å²) in [6, 6.07) is 5.55. The Morgan fingerprint density at radius 3 is 2.93 bits per heavy atom. The monoisotopic (exact) mass is 208 g/mol. The van der Waals surface area contributed by atoms with Gasteiger partial charge in [0.15, 0.2) is 0 Å². The average molecular weight is 209 g/mol. The van der Waals surface area contributed by atoms with E-state index in [4.69, 9.17) is 11.6 Å². The molecule has 0 aromatic heterocycles. The van der Waals surface area contributed by atoms with Crippen LogP contribution in [0.5, 0.6) is 5.75 Å². The van der Waals surface area contributed by atoms with Crippen molar-refractivity contribution in [3.63, 3.8) is 0 Å². The fourth-order valence-corrected chi connectivity index (χ4v) is 2.08. The molecule has 0 heterocycles. The van der Waals surface area contributed by atoms with Crippen molar-refractivity contribution >= 4 is 11.6 Å². The zero-order valence-corrected chi connectivity index (χ0v) is 8.67. The minimum atomic E-state index is 0.241. The lowest BCUT2D eigenvalue weighted by Crippen LogP contribution is -1.99. The number of halogens is 1. The van der Waals surface area contributed by atoms with Gasteiger partial charge in [-0.3, -0.25) is 0 Å². The van der Waals surface area contributed by atoms with E-state index in [9.17, 15) is 5.11 Å². The van der Waals surface area contributed by atoms with Crippen LogP contribution in [0.4, 0.5) is 0 Å². The van der Waals surface area contributed by atoms with Crippen molar-refractivity contribution in [3.8, 4) is 5.75 Å². The third-order valence-electron chi connectivity index (χ3n) is 2.67. The smallest absolute Gasteiger partial charge is 0.137 e. The fourth-order valence-electron chi connectivity index (χ4n) is 1.90. The topological polar surface area (TPSA) is 20.2 Å². The molecule has 1 unspecified atom stereocenters. The number of hydrogen-bond donors (Lipinski definition) is 1. The molecule has 1 aromatic carbocycles. The number of phenolic OH excluding ortho intramolecular Hbond substituents is 1. The van der Waals surface area contributed by atoms with Gasteiger partial charge in [0.05, 0.1) is 5.02 Å². The number of benzene rings is 1. The van der Waals surface area contributed by atoms with Crippen LogP contribution in [0.3, 0.4) is 0 Å². The van der Waals surface area contributed by atoms with E-state index in [1.165, 1.54) is 6.42 Å². The molecule has 2 rings (SSSR count). The van der Waals surface area contributed by atoms with Crippen molar-refractivity contribution in [1.29, 1.82) is 0 Å². The highest BCUT2D eigenvalue weighted by Gasteiger charge is 2.15. The van der Waals surface area contributed by atoms with E-state index in [0.717, 1.165) is 18.4 Å². The normalized spacial score (nSPS) is 21.1. The van der Waals surface area contributed by atoms with E-state index in [1.54, 1.807) is 6.07 Å². The molecule has 74 valence electrons. The van der Waals surface area contributed by atoms with Gasteiger partial charge in [-0.15, -0.1) is 0 Å². The molecule has 0 saturated carbocycles. The van der Waals surface area contributed by atoms with Crippen LogP contribution in [0, 0.1) is 0 Å². The molecule has 0 spiro atoms. The Bertz CT molecular complexity index is 357. The maximum atomic E-state index is 9.78. The molecule has 1 atom stereocenters. The van der Waals surface area contributed by atoms with E-state index in [2.05, 4.69) is 12.2 Å². The van der Waals surface area contributed by atoms with Crippen molar-refractivity contribution in [2.24, 2.45) is 0 Å². The molecule has 1 aliphatic carbocycles. The zero-order valence-electron chi connectivity index (χ0n) is 7.91. The lowest BCUT2D eigenvalue weighted by Gasteiger charge is -2.18. The van der Waals surface area contributed by atoms with Gasteiger partial charge in [-0.1, -0.05) is 35.9 Å². The second-order valence-corrected chi connectivity index (χ2v) is 4.05. The van der Waals surface area contributed by atoms with Crippen LogP contribution < -0.4 is 0 Å². The first-order valence-electron chi connectivity index (χ1n) is 4.93. The molecule has 0 aliphatic heterocycles. The van der Waals surface area contributed by atoms with Crippen molar-refractivity contribution < 1.29 is 5.11 Å². The lowest BCUT2D eigenvalue weighted by molar-refractivity contribution is 0.462. The van der Waals surface area contributed by atoms with E-state index >= 15 is 0 Å². The van der Waals surface area contributed by atoms with Crippen LogP contribution in [0.15, 0.2) is 30.4 Å². The molecular weight excluding hydrogens is 196 g/mol. The summed E-state index contributed by atoms with van der Waals surface area (Å²) in [6.07, 6.45) is 7.78. The second-order valence-electron chi connectivity index (χ2n) is 3.64. The van der Waals surface area contributed by atoms with Crippen molar-refractivity contribution in [2.45, 2.75) is 25.2 Å². The van der Waals surface area contributed by atoms with Crippen LogP contribution >= 0.6 is 11.6 Å². The Hall–Kier alpha value is -0.950. The number of aromatic hydroxyl groups is 1. The largest absolute Gasteiger partial charge is 0.506 e. The molecule has 1 nitrogen and oxygen atoms in total. The summed E-state index contributed by atoms with van der Waals surface area (Å²) in [7, 11) is 0. The summed E-state index contributed by atoms with van der Waals surface area (Å²) in [4.78, 5) is 0. The summed E-state index contributed by atoms with van der Waals surface area (Å²) < 4.78 is 0. The Labute approximate surface area is 89.0 Å². The van der Waals surface area contributed by atoms with Gasteiger partial charge in [0.25, 0.3) is 0 Å². The molecule has 0 saturated heterocycles. The minimum absolute atomic E-state index is 0.241. The van der Waals surface area contributed by atoms with Gasteiger partial charge in [0.1, 0.15) is 5.75 Å². The Kier molecular flexibility index (Phi) is 2.78. The standard InChI is InChI=1S/C12H13ClO/c13-11-8-4-7-10(12(11)14)9-5-2-1-3-6-9/h2,4-5,7-9,14H,1,3,6H2. The maximum absolute atomic E-state index is 9.78. The quantitative estimate of drug-likeness (QED) is 0.695. The van der Waals surface area contributed by atoms with Gasteiger partial charge in [0, 0.05) is 11.5 Å². The summed E-state index contributed by atoms with van der Waals surface area (Å²) in [5, 5.41) is 10.2. The summed E-state index contributed by atoms with van der Waals surface area (Å²) in [5.41, 5.74) is 0.952. The molecule has 2 heteroatoms. The first-order valence-corrected chi connectivity index (χ1v) is 5.31. The first-order chi connectivity index (χ1) is 6.79. The Morgan fingerprint density at radius 2 is 2.21 bits per heavy atom. The Morgan fingerprint density at radius 1 is 1.36 bits per heavy atom. The second kappa shape index (κ2) is 4.05. The van der Waals surface area contributed by atoms with Gasteiger partial charge in [0.2, 0.25) is 0 Å². The first kappa shape index (κ1) is 9.60. The van der Waals surface area contributed by atoms with Crippen LogP contribution in [-0.2, 0) is 0 Å². The number of hydrogen-bond acceptors (Lipinski definition) is 1. The van der Waals surface area contributed by atoms with E-state index in [-0.39, 0.29) is 5.75 Å². The summed E-state index contributed by atoms with van der Waals surface area (Å²) in [6.45, 7) is 0. The van der Waals surface area contributed by atoms with E-state index in [1.807, 2.05) is 12.1 Å². The SMILES string of the molecule is Oc1c(Cl)cccc1C1C=CCCC1.